The lowest BCUT2D eigenvalue weighted by molar-refractivity contribution is 0.290. The third kappa shape index (κ3) is 3.48. The summed E-state index contributed by atoms with van der Waals surface area (Å²) in [6, 6.07) is 9.02. The third-order valence-electron chi connectivity index (χ3n) is 4.39. The molecule has 1 nitrogen and oxygen atoms in total. The van der Waals surface area contributed by atoms with E-state index in [4.69, 9.17) is 11.6 Å². The largest absolute Gasteiger partial charge is 0.313 e. The van der Waals surface area contributed by atoms with E-state index in [9.17, 15) is 0 Å². The van der Waals surface area contributed by atoms with E-state index in [0.29, 0.717) is 12.0 Å². The Balaban J connectivity index is 1.42. The Labute approximate surface area is 125 Å². The lowest BCUT2D eigenvalue weighted by Crippen LogP contribution is -2.43. The van der Waals surface area contributed by atoms with Crippen LogP contribution in [-0.4, -0.2) is 23.6 Å². The van der Waals surface area contributed by atoms with E-state index in [1.807, 2.05) is 12.1 Å². The summed E-state index contributed by atoms with van der Waals surface area (Å²) in [4.78, 5) is 0. The van der Waals surface area contributed by atoms with Crippen LogP contribution in [0.2, 0.25) is 5.02 Å². The van der Waals surface area contributed by atoms with E-state index < -0.39 is 0 Å². The number of halogens is 1. The summed E-state index contributed by atoms with van der Waals surface area (Å²) in [7, 11) is 0. The van der Waals surface area contributed by atoms with Crippen molar-refractivity contribution in [2.24, 2.45) is 0 Å². The molecule has 0 aromatic heterocycles. The predicted molar refractivity (Wildman–Crippen MR) is 85.3 cm³/mol. The fraction of sp³-hybridized carbons (Fsp3) is 0.625. The maximum Gasteiger partial charge on any atom is 0.0440 e. The first-order chi connectivity index (χ1) is 9.33. The summed E-state index contributed by atoms with van der Waals surface area (Å²) in [6.07, 6.45) is 6.74. The molecule has 0 spiro atoms. The van der Waals surface area contributed by atoms with Gasteiger partial charge in [-0.25, -0.2) is 0 Å². The lowest BCUT2D eigenvalue weighted by atomic mass is 9.76. The molecular weight excluding hydrogens is 274 g/mol. The first kappa shape index (κ1) is 13.8. The molecule has 1 atom stereocenters. The normalized spacial score (nSPS) is 30.9. The highest BCUT2D eigenvalue weighted by atomic mass is 35.5. The molecule has 1 aliphatic carbocycles. The molecular formula is C16H22ClNS. The van der Waals surface area contributed by atoms with Gasteiger partial charge in [-0.2, -0.15) is 11.8 Å². The zero-order valence-corrected chi connectivity index (χ0v) is 12.8. The Morgan fingerprint density at radius 1 is 1.21 bits per heavy atom. The van der Waals surface area contributed by atoms with Crippen molar-refractivity contribution in [2.45, 2.75) is 49.3 Å². The van der Waals surface area contributed by atoms with Gasteiger partial charge in [0.1, 0.15) is 0 Å². The van der Waals surface area contributed by atoms with Crippen LogP contribution in [-0.2, 0) is 0 Å². The van der Waals surface area contributed by atoms with Crippen molar-refractivity contribution >= 4 is 23.4 Å². The third-order valence-corrected chi connectivity index (χ3v) is 6.13. The number of thioether (sulfide) groups is 1. The van der Waals surface area contributed by atoms with Gasteiger partial charge in [0.15, 0.2) is 0 Å². The zero-order chi connectivity index (χ0) is 13.1. The maximum atomic E-state index is 6.25. The summed E-state index contributed by atoms with van der Waals surface area (Å²) < 4.78 is 0. The average molecular weight is 296 g/mol. The number of hydrogen-bond donors (Lipinski definition) is 1. The van der Waals surface area contributed by atoms with E-state index in [2.05, 4.69) is 29.2 Å². The number of hydrogen-bond acceptors (Lipinski definition) is 2. The average Bonchev–Trinajstić information content (AvgIpc) is 2.40. The quantitative estimate of drug-likeness (QED) is 0.880. The molecule has 1 unspecified atom stereocenters. The van der Waals surface area contributed by atoms with Gasteiger partial charge in [0.2, 0.25) is 0 Å². The van der Waals surface area contributed by atoms with Gasteiger partial charge in [-0.05, 0) is 49.0 Å². The minimum absolute atomic E-state index is 0.671. The van der Waals surface area contributed by atoms with Crippen molar-refractivity contribution in [3.63, 3.8) is 0 Å². The summed E-state index contributed by atoms with van der Waals surface area (Å²) in [6.45, 7) is 1.20. The van der Waals surface area contributed by atoms with Gasteiger partial charge in [0, 0.05) is 22.9 Å². The van der Waals surface area contributed by atoms with Crippen LogP contribution < -0.4 is 5.32 Å². The maximum absolute atomic E-state index is 6.25. The summed E-state index contributed by atoms with van der Waals surface area (Å²) >= 11 is 8.41. The topological polar surface area (TPSA) is 12.0 Å². The van der Waals surface area contributed by atoms with Crippen LogP contribution in [0.4, 0.5) is 0 Å². The first-order valence-electron chi connectivity index (χ1n) is 7.42. The van der Waals surface area contributed by atoms with Gasteiger partial charge >= 0.3 is 0 Å². The van der Waals surface area contributed by atoms with Crippen molar-refractivity contribution < 1.29 is 0 Å². The van der Waals surface area contributed by atoms with Gasteiger partial charge < -0.3 is 5.32 Å². The van der Waals surface area contributed by atoms with Crippen LogP contribution in [0.3, 0.4) is 0 Å². The van der Waals surface area contributed by atoms with Gasteiger partial charge in [0.25, 0.3) is 0 Å². The lowest BCUT2D eigenvalue weighted by Gasteiger charge is -2.38. The van der Waals surface area contributed by atoms with Crippen molar-refractivity contribution in [1.82, 2.24) is 5.32 Å². The molecule has 1 N–H and O–H groups in total. The van der Waals surface area contributed by atoms with Crippen LogP contribution in [0.5, 0.6) is 0 Å². The fourth-order valence-electron chi connectivity index (χ4n) is 3.11. The second-order valence-electron chi connectivity index (χ2n) is 5.78. The van der Waals surface area contributed by atoms with E-state index >= 15 is 0 Å². The summed E-state index contributed by atoms with van der Waals surface area (Å²) in [5.41, 5.74) is 1.34. The molecule has 1 heterocycles. The number of benzene rings is 1. The zero-order valence-electron chi connectivity index (χ0n) is 11.3. The Kier molecular flexibility index (Phi) is 4.73. The molecule has 1 saturated carbocycles. The Morgan fingerprint density at radius 3 is 2.79 bits per heavy atom. The molecule has 1 saturated heterocycles. The highest BCUT2D eigenvalue weighted by Gasteiger charge is 2.31. The summed E-state index contributed by atoms with van der Waals surface area (Å²) in [5.74, 6) is 2.03. The van der Waals surface area contributed by atoms with E-state index in [0.717, 1.165) is 10.3 Å². The van der Waals surface area contributed by atoms with E-state index in [1.165, 1.54) is 50.0 Å². The van der Waals surface area contributed by atoms with Crippen molar-refractivity contribution in [2.75, 3.05) is 12.3 Å². The highest BCUT2D eigenvalue weighted by Crippen LogP contribution is 2.40. The predicted octanol–water partition coefficient (Wildman–Crippen LogP) is 4.46. The molecule has 2 fully saturated rings. The highest BCUT2D eigenvalue weighted by molar-refractivity contribution is 7.99. The van der Waals surface area contributed by atoms with Crippen LogP contribution >= 0.6 is 23.4 Å². The molecule has 1 aromatic carbocycles. The van der Waals surface area contributed by atoms with E-state index in [-0.39, 0.29) is 0 Å². The van der Waals surface area contributed by atoms with Crippen molar-refractivity contribution in [3.05, 3.63) is 34.9 Å². The molecule has 0 bridgehead atoms. The van der Waals surface area contributed by atoms with Crippen LogP contribution in [0, 0.1) is 0 Å². The molecule has 1 aromatic rings. The van der Waals surface area contributed by atoms with Gasteiger partial charge in [-0.15, -0.1) is 0 Å². The number of rotatable bonds is 4. The molecule has 19 heavy (non-hydrogen) atoms. The van der Waals surface area contributed by atoms with Gasteiger partial charge in [-0.3, -0.25) is 0 Å². The standard InChI is InChI=1S/C16H22ClNS/c17-16-7-2-1-6-15(16)12-9-13(10-12)18-11-14-5-3-4-8-19-14/h1-2,6-7,12-14,18H,3-5,8-11H2. The van der Waals surface area contributed by atoms with Crippen LogP contribution in [0.25, 0.3) is 0 Å². The number of nitrogens with one attached hydrogen (secondary N) is 1. The minimum atomic E-state index is 0.671. The molecule has 0 amide bonds. The molecule has 3 rings (SSSR count). The fourth-order valence-corrected chi connectivity index (χ4v) is 4.65. The molecule has 1 aliphatic heterocycles. The molecule has 104 valence electrons. The first-order valence-corrected chi connectivity index (χ1v) is 8.85. The summed E-state index contributed by atoms with van der Waals surface area (Å²) in [5, 5.41) is 5.54. The molecule has 3 heteroatoms. The second kappa shape index (κ2) is 6.51. The van der Waals surface area contributed by atoms with E-state index in [1.54, 1.807) is 0 Å². The Morgan fingerprint density at radius 2 is 2.05 bits per heavy atom. The van der Waals surface area contributed by atoms with Crippen molar-refractivity contribution in [3.8, 4) is 0 Å². The minimum Gasteiger partial charge on any atom is -0.313 e. The monoisotopic (exact) mass is 295 g/mol. The van der Waals surface area contributed by atoms with Crippen molar-refractivity contribution in [1.29, 1.82) is 0 Å². The Hall–Kier alpha value is -0.180. The van der Waals surface area contributed by atoms with Crippen LogP contribution in [0.1, 0.15) is 43.6 Å². The molecule has 2 aliphatic rings. The smallest absolute Gasteiger partial charge is 0.0440 e. The van der Waals surface area contributed by atoms with Gasteiger partial charge in [-0.1, -0.05) is 36.2 Å². The SMILES string of the molecule is Clc1ccccc1C1CC(NCC2CCCCS2)C1. The van der Waals surface area contributed by atoms with Gasteiger partial charge in [0.05, 0.1) is 0 Å². The Bertz CT molecular complexity index is 411. The van der Waals surface area contributed by atoms with Crippen LogP contribution in [0.15, 0.2) is 24.3 Å². The molecule has 0 radical (unpaired) electrons. The second-order valence-corrected chi connectivity index (χ2v) is 7.60.